The number of carbonyl (C=O) groups excluding carboxylic acids is 4. The molecule has 19 unspecified atom stereocenters. The molecule has 3 aliphatic rings. The summed E-state index contributed by atoms with van der Waals surface area (Å²) in [4.78, 5) is 66.7. The number of phosphoric ester groups is 1. The fraction of sp³-hybridized carbons (Fsp3) is 0.958. The van der Waals surface area contributed by atoms with Crippen molar-refractivity contribution in [3.8, 4) is 0 Å². The minimum atomic E-state index is -5.81. The van der Waals surface area contributed by atoms with Crippen molar-refractivity contribution < 1.29 is 122 Å². The van der Waals surface area contributed by atoms with Crippen LogP contribution in [0.3, 0.4) is 0 Å². The van der Waals surface area contributed by atoms with E-state index < -0.39 is 162 Å². The van der Waals surface area contributed by atoms with Crippen molar-refractivity contribution in [2.75, 3.05) is 26.4 Å². The predicted octanol–water partition coefficient (Wildman–Crippen LogP) is 19.6. The average molecular weight is 1770 g/mol. The zero-order chi connectivity index (χ0) is 89.1. The Morgan fingerprint density at radius 3 is 0.975 bits per heavy atom. The first-order valence-electron chi connectivity index (χ1n) is 50.2. The first kappa shape index (κ1) is 114. The Morgan fingerprint density at radius 1 is 0.320 bits per heavy atom. The summed E-state index contributed by atoms with van der Waals surface area (Å²) in [7, 11) is -5.81. The maximum absolute atomic E-state index is 15.0. The van der Waals surface area contributed by atoms with Crippen LogP contribution in [0.25, 0.3) is 0 Å². The van der Waals surface area contributed by atoms with Gasteiger partial charge in [-0.3, -0.25) is 28.2 Å². The van der Waals surface area contributed by atoms with Crippen LogP contribution in [0.4, 0.5) is 0 Å². The van der Waals surface area contributed by atoms with E-state index in [9.17, 15) is 74.6 Å². The van der Waals surface area contributed by atoms with Crippen LogP contribution in [0, 0.1) is 5.92 Å². The zero-order valence-electron chi connectivity index (χ0n) is 77.2. The minimum Gasteiger partial charge on any atom is -0.463 e. The van der Waals surface area contributed by atoms with Crippen molar-refractivity contribution in [2.24, 2.45) is 5.92 Å². The van der Waals surface area contributed by atoms with Gasteiger partial charge in [0.05, 0.1) is 13.2 Å². The number of ether oxygens (including phenoxy) is 8. The molecule has 19 atom stereocenters. The summed E-state index contributed by atoms with van der Waals surface area (Å²) < 4.78 is 73.7. The van der Waals surface area contributed by atoms with Gasteiger partial charge in [0.25, 0.3) is 0 Å². The first-order valence-corrected chi connectivity index (χ1v) is 51.7. The van der Waals surface area contributed by atoms with Crippen molar-refractivity contribution in [2.45, 2.75) is 556 Å². The zero-order valence-corrected chi connectivity index (χ0v) is 78.1. The predicted molar refractivity (Wildman–Crippen MR) is 477 cm³/mol. The summed E-state index contributed by atoms with van der Waals surface area (Å²) in [6.45, 7) is 8.00. The van der Waals surface area contributed by atoms with Crippen LogP contribution < -0.4 is 0 Å². The molecule has 3 fully saturated rings. The van der Waals surface area contributed by atoms with Gasteiger partial charge in [0, 0.05) is 25.7 Å². The molecular weight excluding hydrogens is 1580 g/mol. The van der Waals surface area contributed by atoms with Crippen LogP contribution >= 0.6 is 7.82 Å². The van der Waals surface area contributed by atoms with Crippen molar-refractivity contribution in [3.05, 3.63) is 0 Å². The molecule has 0 aromatic heterocycles. The van der Waals surface area contributed by atoms with Gasteiger partial charge < -0.3 is 88.7 Å². The second kappa shape index (κ2) is 74.2. The minimum absolute atomic E-state index is 0.0201. The van der Waals surface area contributed by atoms with Gasteiger partial charge in [0.2, 0.25) is 0 Å². The second-order valence-corrected chi connectivity index (χ2v) is 37.7. The second-order valence-electron chi connectivity index (χ2n) is 36.3. The Labute approximate surface area is 738 Å². The number of hydrogen-bond acceptors (Lipinski definition) is 24. The smallest absolute Gasteiger partial charge is 0.463 e. The molecule has 10 N–H and O–H groups in total. The van der Waals surface area contributed by atoms with Crippen molar-refractivity contribution >= 4 is 31.7 Å². The molecule has 122 heavy (non-hydrogen) atoms. The largest absolute Gasteiger partial charge is 0.472 e. The number of phosphoric acid groups is 1. The van der Waals surface area contributed by atoms with Crippen LogP contribution in [0.15, 0.2) is 0 Å². The molecule has 0 bridgehead atoms. The fourth-order valence-electron chi connectivity index (χ4n) is 17.0. The molecule has 26 heteroatoms. The summed E-state index contributed by atoms with van der Waals surface area (Å²) in [6, 6.07) is 0. The van der Waals surface area contributed by atoms with Crippen molar-refractivity contribution in [3.63, 3.8) is 0 Å². The third-order valence-corrected chi connectivity index (χ3v) is 26.0. The SMILES string of the molecule is CCCCCCCCCCCCCCCCCCC(=O)OCC(COP(=O)(O)OC1C(OC2OC(CO)C(O)C(O)C2O)C(O)C(O)C(OC(=O)CCCCCCCCCCCCCCCCC)C1OC1OC(COC(=O)CCCCCCCCCCCCCCCCCC)C(O)C(O)C1O)OC(=O)CCCCCCCCC(C)CCCCCCCC. The highest BCUT2D eigenvalue weighted by Crippen LogP contribution is 2.49. The third kappa shape index (κ3) is 53.6. The van der Waals surface area contributed by atoms with Crippen LogP contribution in [0.5, 0.6) is 0 Å². The number of carbonyl (C=O) groups is 4. The van der Waals surface area contributed by atoms with E-state index in [1.54, 1.807) is 0 Å². The van der Waals surface area contributed by atoms with E-state index in [1.807, 2.05) is 0 Å². The van der Waals surface area contributed by atoms with Crippen LogP contribution in [-0.2, 0) is 70.7 Å². The monoisotopic (exact) mass is 1770 g/mol. The molecule has 1 saturated carbocycles. The Morgan fingerprint density at radius 2 is 0.615 bits per heavy atom. The summed E-state index contributed by atoms with van der Waals surface area (Å²) in [6.07, 6.45) is 32.0. The Balaban J connectivity index is 1.90. The molecule has 2 aliphatic heterocycles. The van der Waals surface area contributed by atoms with Crippen LogP contribution in [0.1, 0.15) is 452 Å². The number of rotatable bonds is 82. The molecule has 0 aromatic carbocycles. The fourth-order valence-corrected chi connectivity index (χ4v) is 17.9. The number of aliphatic hydroxyl groups is 9. The maximum Gasteiger partial charge on any atom is 0.472 e. The van der Waals surface area contributed by atoms with Crippen LogP contribution in [0.2, 0.25) is 0 Å². The lowest BCUT2D eigenvalue weighted by atomic mass is 9.84. The molecule has 0 aromatic rings. The summed E-state index contributed by atoms with van der Waals surface area (Å²) in [5.74, 6) is -2.27. The third-order valence-electron chi connectivity index (χ3n) is 25.0. The van der Waals surface area contributed by atoms with Gasteiger partial charge in [-0.15, -0.1) is 0 Å². The molecular formula is C96H181O25P. The normalized spacial score (nSPS) is 24.7. The number of unbranched alkanes of at least 4 members (excludes halogenated alkanes) is 54. The van der Waals surface area contributed by atoms with E-state index in [-0.39, 0.29) is 25.7 Å². The molecule has 25 nitrogen and oxygen atoms in total. The first-order chi connectivity index (χ1) is 59.1. The molecule has 1 aliphatic carbocycles. The van der Waals surface area contributed by atoms with E-state index in [4.69, 9.17) is 46.9 Å². The van der Waals surface area contributed by atoms with E-state index in [1.165, 1.54) is 231 Å². The number of esters is 4. The lowest BCUT2D eigenvalue weighted by molar-refractivity contribution is -0.360. The van der Waals surface area contributed by atoms with Gasteiger partial charge in [0.15, 0.2) is 24.8 Å². The standard InChI is InChI=1S/C96H181O25P/c1-6-10-14-18-22-25-28-31-34-37-39-42-45-48-55-61-67-79(98)112-72-76(115-81(100)69-63-58-52-51-54-60-66-75(5)65-59-53-21-17-13-9-4)73-114-122(110,111)121-94-92(119-95-89(108)85(104)83(102)77(71-97)116-95)88(107)87(106)91(118-82(101)70-64-57-50-47-44-41-36-33-30-27-24-20-16-12-8-3)93(94)120-96-90(109)86(105)84(103)78(117-96)74-113-80(99)68-62-56-49-46-43-40-38-35-32-29-26-23-19-15-11-7-2/h75-78,83-97,102-109H,6-74H2,1-5H3,(H,110,111). The Kier molecular flexibility index (Phi) is 69.1. The highest BCUT2D eigenvalue weighted by Gasteiger charge is 2.60. The number of hydrogen-bond donors (Lipinski definition) is 10. The van der Waals surface area contributed by atoms with Gasteiger partial charge in [0.1, 0.15) is 92.6 Å². The van der Waals surface area contributed by atoms with Crippen LogP contribution in [-0.4, -0.2) is 205 Å². The quantitative estimate of drug-likeness (QED) is 0.0117. The highest BCUT2D eigenvalue weighted by molar-refractivity contribution is 7.47. The van der Waals surface area contributed by atoms with Crippen molar-refractivity contribution in [1.82, 2.24) is 0 Å². The van der Waals surface area contributed by atoms with E-state index in [0.29, 0.717) is 38.0 Å². The lowest BCUT2D eigenvalue weighted by Crippen LogP contribution is -2.70. The van der Waals surface area contributed by atoms with Gasteiger partial charge in [-0.25, -0.2) is 4.57 Å². The Bertz CT molecular complexity index is 2540. The lowest BCUT2D eigenvalue weighted by Gasteiger charge is -2.50. The molecule has 2 heterocycles. The number of aliphatic hydroxyl groups excluding tert-OH is 9. The molecule has 0 amide bonds. The molecule has 2 saturated heterocycles. The highest BCUT2D eigenvalue weighted by atomic mass is 31.2. The van der Waals surface area contributed by atoms with E-state index in [0.717, 1.165) is 128 Å². The molecule has 0 spiro atoms. The molecule has 3 rings (SSSR count). The van der Waals surface area contributed by atoms with Gasteiger partial charge in [-0.1, -0.05) is 401 Å². The Hall–Kier alpha value is -2.53. The van der Waals surface area contributed by atoms with Gasteiger partial charge in [-0.05, 0) is 31.6 Å². The summed E-state index contributed by atoms with van der Waals surface area (Å²) in [5, 5.41) is 103. The molecule has 720 valence electrons. The van der Waals surface area contributed by atoms with Gasteiger partial charge >= 0.3 is 31.7 Å². The average Bonchev–Trinajstić information content (AvgIpc) is 0.753. The topological polar surface area (TPSA) is 380 Å². The molecule has 0 radical (unpaired) electrons. The summed E-state index contributed by atoms with van der Waals surface area (Å²) >= 11 is 0. The van der Waals surface area contributed by atoms with Crippen molar-refractivity contribution in [1.29, 1.82) is 0 Å². The van der Waals surface area contributed by atoms with Gasteiger partial charge in [-0.2, -0.15) is 0 Å². The van der Waals surface area contributed by atoms with E-state index >= 15 is 0 Å². The van der Waals surface area contributed by atoms with E-state index in [2.05, 4.69) is 34.6 Å². The summed E-state index contributed by atoms with van der Waals surface area (Å²) in [5.41, 5.74) is 0. The maximum atomic E-state index is 15.0.